The summed E-state index contributed by atoms with van der Waals surface area (Å²) in [5.41, 5.74) is 8.46. The van der Waals surface area contributed by atoms with Gasteiger partial charge in [-0.25, -0.2) is 0 Å². The van der Waals surface area contributed by atoms with Crippen molar-refractivity contribution in [3.8, 4) is 5.75 Å². The van der Waals surface area contributed by atoms with Crippen LogP contribution in [0.5, 0.6) is 5.75 Å². The number of rotatable bonds is 5. The van der Waals surface area contributed by atoms with Crippen molar-refractivity contribution >= 4 is 11.6 Å². The molecule has 1 aromatic heterocycles. The number of aromatic nitrogens is 1. The summed E-state index contributed by atoms with van der Waals surface area (Å²) in [4.78, 5) is 12.1. The third-order valence-electron chi connectivity index (χ3n) is 3.18. The number of benzene rings is 1. The Morgan fingerprint density at radius 3 is 2.76 bits per heavy atom. The van der Waals surface area contributed by atoms with Gasteiger partial charge in [0.05, 0.1) is 18.0 Å². The molecule has 2 rings (SSSR count). The molecule has 1 aromatic carbocycles. The minimum absolute atomic E-state index is 0.204. The second-order valence-corrected chi connectivity index (χ2v) is 4.67. The van der Waals surface area contributed by atoms with Crippen molar-refractivity contribution in [1.29, 1.82) is 0 Å². The van der Waals surface area contributed by atoms with E-state index in [0.717, 1.165) is 11.3 Å². The molecule has 0 bridgehead atoms. The van der Waals surface area contributed by atoms with Gasteiger partial charge < -0.3 is 20.3 Å². The third kappa shape index (κ3) is 3.34. The maximum absolute atomic E-state index is 12.1. The summed E-state index contributed by atoms with van der Waals surface area (Å²) in [6.07, 6.45) is 0. The number of hydrogen-bond acceptors (Lipinski definition) is 5. The first-order valence-corrected chi connectivity index (χ1v) is 6.75. The highest BCUT2D eigenvalue weighted by Crippen LogP contribution is 2.22. The second kappa shape index (κ2) is 6.30. The van der Waals surface area contributed by atoms with Crippen molar-refractivity contribution in [1.82, 2.24) is 10.5 Å². The monoisotopic (exact) mass is 289 g/mol. The summed E-state index contributed by atoms with van der Waals surface area (Å²) < 4.78 is 10.4. The number of hydrogen-bond donors (Lipinski definition) is 2. The first-order valence-electron chi connectivity index (χ1n) is 6.75. The summed E-state index contributed by atoms with van der Waals surface area (Å²) in [6.45, 7) is 6.43. The quantitative estimate of drug-likeness (QED) is 0.823. The number of nitrogens with one attached hydrogen (secondary N) is 1. The fourth-order valence-electron chi connectivity index (χ4n) is 2.00. The van der Waals surface area contributed by atoms with Crippen LogP contribution >= 0.6 is 0 Å². The molecule has 0 saturated heterocycles. The van der Waals surface area contributed by atoms with Gasteiger partial charge in [-0.2, -0.15) is 0 Å². The van der Waals surface area contributed by atoms with Gasteiger partial charge in [-0.05, 0) is 39.0 Å². The van der Waals surface area contributed by atoms with E-state index in [-0.39, 0.29) is 5.91 Å². The molecule has 3 N–H and O–H groups in total. The van der Waals surface area contributed by atoms with Crippen molar-refractivity contribution in [2.75, 3.05) is 12.3 Å². The highest BCUT2D eigenvalue weighted by Gasteiger charge is 2.12. The van der Waals surface area contributed by atoms with Gasteiger partial charge >= 0.3 is 0 Å². The highest BCUT2D eigenvalue weighted by molar-refractivity contribution is 5.95. The molecule has 1 amide bonds. The number of nitrogens with zero attached hydrogens (tertiary/aromatic N) is 1. The Morgan fingerprint density at radius 1 is 1.43 bits per heavy atom. The number of amides is 1. The number of carbonyl (C=O) groups excluding carboxylic acids is 1. The van der Waals surface area contributed by atoms with Crippen molar-refractivity contribution in [2.24, 2.45) is 0 Å². The Labute approximate surface area is 123 Å². The lowest BCUT2D eigenvalue weighted by atomic mass is 10.1. The zero-order valence-electron chi connectivity index (χ0n) is 12.4. The normalized spacial score (nSPS) is 10.4. The van der Waals surface area contributed by atoms with E-state index in [2.05, 4.69) is 10.5 Å². The third-order valence-corrected chi connectivity index (χ3v) is 3.18. The predicted molar refractivity (Wildman–Crippen MR) is 79.2 cm³/mol. The van der Waals surface area contributed by atoms with Gasteiger partial charge in [-0.1, -0.05) is 5.16 Å². The standard InChI is InChI=1S/C15H19N3O3/c1-4-20-14-6-5-11(7-13(14)16)15(19)17-8-12-9(2)18-21-10(12)3/h5-7H,4,8,16H2,1-3H3,(H,17,19). The van der Waals surface area contributed by atoms with Crippen molar-refractivity contribution in [2.45, 2.75) is 27.3 Å². The van der Waals surface area contributed by atoms with Crippen LogP contribution in [0, 0.1) is 13.8 Å². The molecule has 6 heteroatoms. The molecule has 1 heterocycles. The van der Waals surface area contributed by atoms with Crippen molar-refractivity contribution < 1.29 is 14.1 Å². The van der Waals surface area contributed by atoms with Gasteiger partial charge in [-0.3, -0.25) is 4.79 Å². The maximum atomic E-state index is 12.1. The van der Waals surface area contributed by atoms with Crippen LogP contribution < -0.4 is 15.8 Å². The largest absolute Gasteiger partial charge is 0.492 e. The van der Waals surface area contributed by atoms with Gasteiger partial charge in [0.2, 0.25) is 0 Å². The molecule has 0 saturated carbocycles. The summed E-state index contributed by atoms with van der Waals surface area (Å²) in [6, 6.07) is 4.99. The Balaban J connectivity index is 2.05. The molecule has 0 atom stereocenters. The fourth-order valence-corrected chi connectivity index (χ4v) is 2.00. The average molecular weight is 289 g/mol. The number of nitrogen functional groups attached to an aromatic ring is 1. The van der Waals surface area contributed by atoms with E-state index in [9.17, 15) is 4.79 Å². The molecule has 0 aliphatic carbocycles. The molecule has 0 spiro atoms. The molecule has 0 radical (unpaired) electrons. The topological polar surface area (TPSA) is 90.4 Å². The number of aryl methyl sites for hydroxylation is 2. The fraction of sp³-hybridized carbons (Fsp3) is 0.333. The van der Waals surface area contributed by atoms with Gasteiger partial charge in [0.15, 0.2) is 0 Å². The predicted octanol–water partition coefficient (Wildman–Crippen LogP) is 2.20. The molecule has 2 aromatic rings. The van der Waals surface area contributed by atoms with E-state index < -0.39 is 0 Å². The highest BCUT2D eigenvalue weighted by atomic mass is 16.5. The first kappa shape index (κ1) is 14.9. The zero-order chi connectivity index (χ0) is 15.4. The Hall–Kier alpha value is -2.50. The minimum Gasteiger partial charge on any atom is -0.492 e. The molecule has 112 valence electrons. The molecule has 0 fully saturated rings. The SMILES string of the molecule is CCOc1ccc(C(=O)NCc2c(C)noc2C)cc1N. The number of carbonyl (C=O) groups is 1. The van der Waals surface area contributed by atoms with Gasteiger partial charge in [-0.15, -0.1) is 0 Å². The number of nitrogens with two attached hydrogens (primary N) is 1. The van der Waals surface area contributed by atoms with E-state index in [1.165, 1.54) is 0 Å². The molecule has 0 aliphatic rings. The van der Waals surface area contributed by atoms with E-state index in [1.54, 1.807) is 18.2 Å². The Kier molecular flexibility index (Phi) is 4.47. The van der Waals surface area contributed by atoms with Crippen LogP contribution in [-0.2, 0) is 6.54 Å². The smallest absolute Gasteiger partial charge is 0.251 e. The molecule has 0 unspecified atom stereocenters. The first-order chi connectivity index (χ1) is 10.0. The summed E-state index contributed by atoms with van der Waals surface area (Å²) in [7, 11) is 0. The van der Waals surface area contributed by atoms with Gasteiger partial charge in [0.1, 0.15) is 11.5 Å². The van der Waals surface area contributed by atoms with Crippen LogP contribution in [0.2, 0.25) is 0 Å². The lowest BCUT2D eigenvalue weighted by Gasteiger charge is -2.09. The van der Waals surface area contributed by atoms with E-state index >= 15 is 0 Å². The molecule has 0 aliphatic heterocycles. The Bertz CT molecular complexity index is 630. The lowest BCUT2D eigenvalue weighted by molar-refractivity contribution is 0.0951. The van der Waals surface area contributed by atoms with Crippen LogP contribution in [-0.4, -0.2) is 17.7 Å². The van der Waals surface area contributed by atoms with Crippen LogP contribution in [0.15, 0.2) is 22.7 Å². The maximum Gasteiger partial charge on any atom is 0.251 e. The summed E-state index contributed by atoms with van der Waals surface area (Å²) in [5, 5.41) is 6.68. The van der Waals surface area contributed by atoms with E-state index in [1.807, 2.05) is 20.8 Å². The molecular formula is C15H19N3O3. The second-order valence-electron chi connectivity index (χ2n) is 4.67. The average Bonchev–Trinajstić information content (AvgIpc) is 2.78. The number of anilines is 1. The van der Waals surface area contributed by atoms with Crippen molar-refractivity contribution in [3.63, 3.8) is 0 Å². The van der Waals surface area contributed by atoms with Crippen LogP contribution in [0.4, 0.5) is 5.69 Å². The van der Waals surface area contributed by atoms with Crippen LogP contribution in [0.3, 0.4) is 0 Å². The number of ether oxygens (including phenoxy) is 1. The zero-order valence-corrected chi connectivity index (χ0v) is 12.4. The molecular weight excluding hydrogens is 270 g/mol. The van der Waals surface area contributed by atoms with Crippen LogP contribution in [0.25, 0.3) is 0 Å². The summed E-state index contributed by atoms with van der Waals surface area (Å²) >= 11 is 0. The molecule has 21 heavy (non-hydrogen) atoms. The molecule has 6 nitrogen and oxygen atoms in total. The summed E-state index contributed by atoms with van der Waals surface area (Å²) in [5.74, 6) is 1.09. The lowest BCUT2D eigenvalue weighted by Crippen LogP contribution is -2.23. The minimum atomic E-state index is -0.204. The van der Waals surface area contributed by atoms with Crippen molar-refractivity contribution in [3.05, 3.63) is 40.8 Å². The van der Waals surface area contributed by atoms with Gasteiger partial charge in [0, 0.05) is 17.7 Å². The Morgan fingerprint density at radius 2 is 2.19 bits per heavy atom. The van der Waals surface area contributed by atoms with Crippen LogP contribution in [0.1, 0.15) is 34.3 Å². The van der Waals surface area contributed by atoms with E-state index in [0.29, 0.717) is 35.9 Å². The van der Waals surface area contributed by atoms with Gasteiger partial charge in [0.25, 0.3) is 5.91 Å². The van der Waals surface area contributed by atoms with E-state index in [4.69, 9.17) is 15.0 Å².